The van der Waals surface area contributed by atoms with Crippen molar-refractivity contribution >= 4 is 0 Å². The first-order valence-electron chi connectivity index (χ1n) is 7.28. The third-order valence-electron chi connectivity index (χ3n) is 4.33. The number of aliphatic hydroxyl groups is 1. The lowest BCUT2D eigenvalue weighted by Crippen LogP contribution is -1.93. The van der Waals surface area contributed by atoms with Gasteiger partial charge in [0.05, 0.1) is 6.61 Å². The molecule has 0 aliphatic heterocycles. The van der Waals surface area contributed by atoms with Gasteiger partial charge in [0.25, 0.3) is 0 Å². The maximum absolute atomic E-state index is 9.60. The molecule has 0 radical (unpaired) electrons. The largest absolute Gasteiger partial charge is 0.392 e. The second-order valence-corrected chi connectivity index (χ2v) is 5.48. The van der Waals surface area contributed by atoms with Crippen LogP contribution >= 0.6 is 0 Å². The van der Waals surface area contributed by atoms with E-state index in [0.717, 1.165) is 17.5 Å². The molecular weight excluding hydrogens is 256 g/mol. The lowest BCUT2D eigenvalue weighted by atomic mass is 9.93. The quantitative estimate of drug-likeness (QED) is 0.573. The predicted molar refractivity (Wildman–Crippen MR) is 86.0 cm³/mol. The summed E-state index contributed by atoms with van der Waals surface area (Å²) in [6, 6.07) is 23.2. The van der Waals surface area contributed by atoms with Gasteiger partial charge in [-0.1, -0.05) is 66.7 Å². The van der Waals surface area contributed by atoms with Crippen LogP contribution in [0.25, 0.3) is 22.3 Å². The summed E-state index contributed by atoms with van der Waals surface area (Å²) in [5.41, 5.74) is 8.81. The summed E-state index contributed by atoms with van der Waals surface area (Å²) in [5.74, 6) is 0. The summed E-state index contributed by atoms with van der Waals surface area (Å²) in [6.45, 7) is 0.0762. The van der Waals surface area contributed by atoms with Crippen LogP contribution in [0.3, 0.4) is 0 Å². The molecule has 0 aromatic heterocycles. The molecule has 0 spiro atoms. The van der Waals surface area contributed by atoms with Crippen molar-refractivity contribution in [1.82, 2.24) is 0 Å². The third-order valence-corrected chi connectivity index (χ3v) is 4.33. The number of aliphatic hydroxyl groups excluding tert-OH is 1. The molecule has 1 N–H and O–H groups in total. The summed E-state index contributed by atoms with van der Waals surface area (Å²) in [7, 11) is 0. The zero-order valence-corrected chi connectivity index (χ0v) is 11.7. The Balaban J connectivity index is 1.94. The van der Waals surface area contributed by atoms with Crippen molar-refractivity contribution in [2.24, 2.45) is 0 Å². The first-order valence-corrected chi connectivity index (χ1v) is 7.28. The SMILES string of the molecule is OCc1ccccc1-c1cccc2c1Cc1ccccc1-2. The Morgan fingerprint density at radius 2 is 1.29 bits per heavy atom. The molecule has 1 nitrogen and oxygen atoms in total. The average molecular weight is 272 g/mol. The Labute approximate surface area is 124 Å². The molecule has 0 fully saturated rings. The van der Waals surface area contributed by atoms with Crippen molar-refractivity contribution in [3.8, 4) is 22.3 Å². The molecule has 4 rings (SSSR count). The second kappa shape index (κ2) is 4.87. The molecular formula is C20H16O. The fourth-order valence-electron chi connectivity index (χ4n) is 3.33. The van der Waals surface area contributed by atoms with Gasteiger partial charge in [-0.15, -0.1) is 0 Å². The molecule has 1 heteroatoms. The molecule has 0 heterocycles. The smallest absolute Gasteiger partial charge is 0.0687 e. The van der Waals surface area contributed by atoms with Crippen LogP contribution in [0.15, 0.2) is 66.7 Å². The number of hydrogen-bond acceptors (Lipinski definition) is 1. The normalized spacial score (nSPS) is 12.0. The maximum atomic E-state index is 9.60. The van der Waals surface area contributed by atoms with Gasteiger partial charge in [0.2, 0.25) is 0 Å². The van der Waals surface area contributed by atoms with Crippen molar-refractivity contribution in [2.75, 3.05) is 0 Å². The Morgan fingerprint density at radius 1 is 0.667 bits per heavy atom. The molecule has 102 valence electrons. The number of hydrogen-bond donors (Lipinski definition) is 1. The minimum atomic E-state index is 0.0762. The van der Waals surface area contributed by atoms with E-state index >= 15 is 0 Å². The highest BCUT2D eigenvalue weighted by atomic mass is 16.3. The zero-order chi connectivity index (χ0) is 14.2. The molecule has 21 heavy (non-hydrogen) atoms. The van der Waals surface area contributed by atoms with Crippen LogP contribution in [0, 0.1) is 0 Å². The van der Waals surface area contributed by atoms with E-state index in [1.54, 1.807) is 0 Å². The van der Waals surface area contributed by atoms with Crippen molar-refractivity contribution in [2.45, 2.75) is 13.0 Å². The van der Waals surface area contributed by atoms with Crippen molar-refractivity contribution in [3.05, 3.63) is 83.4 Å². The number of fused-ring (bicyclic) bond motifs is 3. The van der Waals surface area contributed by atoms with E-state index in [1.807, 2.05) is 18.2 Å². The molecule has 0 atom stereocenters. The van der Waals surface area contributed by atoms with E-state index < -0.39 is 0 Å². The van der Waals surface area contributed by atoms with Gasteiger partial charge in [0.1, 0.15) is 0 Å². The topological polar surface area (TPSA) is 20.2 Å². The van der Waals surface area contributed by atoms with Crippen LogP contribution < -0.4 is 0 Å². The van der Waals surface area contributed by atoms with E-state index in [0.29, 0.717) is 0 Å². The van der Waals surface area contributed by atoms with E-state index in [1.165, 1.54) is 27.8 Å². The lowest BCUT2D eigenvalue weighted by Gasteiger charge is -2.12. The van der Waals surface area contributed by atoms with Gasteiger partial charge >= 0.3 is 0 Å². The van der Waals surface area contributed by atoms with Crippen LogP contribution in [0.2, 0.25) is 0 Å². The Kier molecular flexibility index (Phi) is 2.87. The summed E-state index contributed by atoms with van der Waals surface area (Å²) in [5, 5.41) is 9.60. The lowest BCUT2D eigenvalue weighted by molar-refractivity contribution is 0.282. The minimum Gasteiger partial charge on any atom is -0.392 e. The highest BCUT2D eigenvalue weighted by molar-refractivity contribution is 5.85. The van der Waals surface area contributed by atoms with Crippen molar-refractivity contribution in [3.63, 3.8) is 0 Å². The van der Waals surface area contributed by atoms with E-state index in [2.05, 4.69) is 48.5 Å². The number of benzene rings is 3. The zero-order valence-electron chi connectivity index (χ0n) is 11.7. The van der Waals surface area contributed by atoms with Crippen molar-refractivity contribution < 1.29 is 5.11 Å². The number of rotatable bonds is 2. The molecule has 0 unspecified atom stereocenters. The Bertz CT molecular complexity index is 818. The van der Waals surface area contributed by atoms with Gasteiger partial charge in [-0.2, -0.15) is 0 Å². The average Bonchev–Trinajstić information content (AvgIpc) is 2.93. The molecule has 3 aromatic carbocycles. The molecule has 0 saturated heterocycles. The Morgan fingerprint density at radius 3 is 2.10 bits per heavy atom. The third kappa shape index (κ3) is 1.90. The van der Waals surface area contributed by atoms with Gasteiger partial charge in [-0.05, 0) is 45.4 Å². The fraction of sp³-hybridized carbons (Fsp3) is 0.100. The molecule has 1 aliphatic rings. The standard InChI is InChI=1S/C20H16O/c21-13-15-7-2-4-9-17(15)19-11-5-10-18-16-8-3-1-6-14(16)12-20(18)19/h1-11,21H,12-13H2. The van der Waals surface area contributed by atoms with E-state index in [9.17, 15) is 5.11 Å². The van der Waals surface area contributed by atoms with Crippen LogP contribution in [-0.2, 0) is 13.0 Å². The predicted octanol–water partition coefficient (Wildman–Crippen LogP) is 4.42. The molecule has 0 amide bonds. The highest BCUT2D eigenvalue weighted by Gasteiger charge is 2.21. The molecule has 0 saturated carbocycles. The molecule has 1 aliphatic carbocycles. The highest BCUT2D eigenvalue weighted by Crippen LogP contribution is 2.41. The van der Waals surface area contributed by atoms with Crippen molar-refractivity contribution in [1.29, 1.82) is 0 Å². The Hall–Kier alpha value is -2.38. The summed E-state index contributed by atoms with van der Waals surface area (Å²) < 4.78 is 0. The van der Waals surface area contributed by atoms with Crippen LogP contribution in [0.5, 0.6) is 0 Å². The van der Waals surface area contributed by atoms with E-state index in [4.69, 9.17) is 0 Å². The van der Waals surface area contributed by atoms with Gasteiger partial charge in [0, 0.05) is 0 Å². The fourth-order valence-corrected chi connectivity index (χ4v) is 3.33. The van der Waals surface area contributed by atoms with Crippen LogP contribution in [0.1, 0.15) is 16.7 Å². The van der Waals surface area contributed by atoms with Crippen LogP contribution in [-0.4, -0.2) is 5.11 Å². The monoisotopic (exact) mass is 272 g/mol. The first-order chi connectivity index (χ1) is 10.4. The van der Waals surface area contributed by atoms with Gasteiger partial charge in [0.15, 0.2) is 0 Å². The minimum absolute atomic E-state index is 0.0762. The molecule has 3 aromatic rings. The maximum Gasteiger partial charge on any atom is 0.0687 e. The summed E-state index contributed by atoms with van der Waals surface area (Å²) >= 11 is 0. The molecule has 0 bridgehead atoms. The summed E-state index contributed by atoms with van der Waals surface area (Å²) in [4.78, 5) is 0. The van der Waals surface area contributed by atoms with E-state index in [-0.39, 0.29) is 6.61 Å². The van der Waals surface area contributed by atoms with Gasteiger partial charge in [-0.3, -0.25) is 0 Å². The van der Waals surface area contributed by atoms with Crippen LogP contribution in [0.4, 0.5) is 0 Å². The van der Waals surface area contributed by atoms with Gasteiger partial charge < -0.3 is 5.11 Å². The second-order valence-electron chi connectivity index (χ2n) is 5.48. The van der Waals surface area contributed by atoms with Gasteiger partial charge in [-0.25, -0.2) is 0 Å². The first kappa shape index (κ1) is 12.4. The summed E-state index contributed by atoms with van der Waals surface area (Å²) in [6.07, 6.45) is 0.974.